The minimum atomic E-state index is -0.252. The SMILES string of the molecule is Cc1nn(Cc2cccc(F)c2)c(C)c1NC(=O)C1CCC1. The van der Waals surface area contributed by atoms with Gasteiger partial charge in [0, 0.05) is 5.92 Å². The van der Waals surface area contributed by atoms with E-state index in [1.54, 1.807) is 10.7 Å². The Morgan fingerprint density at radius 2 is 2.18 bits per heavy atom. The molecule has 3 rings (SSSR count). The Morgan fingerprint density at radius 3 is 2.82 bits per heavy atom. The van der Waals surface area contributed by atoms with E-state index in [1.165, 1.54) is 12.1 Å². The lowest BCUT2D eigenvalue weighted by molar-refractivity contribution is -0.122. The van der Waals surface area contributed by atoms with Crippen molar-refractivity contribution >= 4 is 11.6 Å². The lowest BCUT2D eigenvalue weighted by Gasteiger charge is -2.24. The van der Waals surface area contributed by atoms with Crippen molar-refractivity contribution in [1.29, 1.82) is 0 Å². The molecule has 4 nitrogen and oxygen atoms in total. The van der Waals surface area contributed by atoms with Crippen molar-refractivity contribution in [1.82, 2.24) is 9.78 Å². The molecule has 1 aliphatic rings. The summed E-state index contributed by atoms with van der Waals surface area (Å²) >= 11 is 0. The summed E-state index contributed by atoms with van der Waals surface area (Å²) in [6.45, 7) is 4.30. The van der Waals surface area contributed by atoms with Crippen molar-refractivity contribution in [2.45, 2.75) is 39.7 Å². The summed E-state index contributed by atoms with van der Waals surface area (Å²) < 4.78 is 15.1. The van der Waals surface area contributed by atoms with Crippen LogP contribution in [0.15, 0.2) is 24.3 Å². The number of hydrogen-bond donors (Lipinski definition) is 1. The zero-order valence-corrected chi connectivity index (χ0v) is 12.9. The van der Waals surface area contributed by atoms with E-state index in [0.717, 1.165) is 41.9 Å². The summed E-state index contributed by atoms with van der Waals surface area (Å²) in [6, 6.07) is 6.49. The van der Waals surface area contributed by atoms with E-state index >= 15 is 0 Å². The third-order valence-electron chi connectivity index (χ3n) is 4.33. The Morgan fingerprint density at radius 1 is 1.41 bits per heavy atom. The molecule has 1 aliphatic carbocycles. The van der Waals surface area contributed by atoms with Gasteiger partial charge in [-0.15, -0.1) is 0 Å². The molecule has 0 aliphatic heterocycles. The highest BCUT2D eigenvalue weighted by atomic mass is 19.1. The number of hydrogen-bond acceptors (Lipinski definition) is 2. The van der Waals surface area contributed by atoms with Gasteiger partial charge in [0.25, 0.3) is 0 Å². The summed E-state index contributed by atoms with van der Waals surface area (Å²) in [5.41, 5.74) is 3.33. The van der Waals surface area contributed by atoms with Gasteiger partial charge in [0.15, 0.2) is 0 Å². The number of anilines is 1. The molecule has 0 bridgehead atoms. The van der Waals surface area contributed by atoms with Crippen LogP contribution in [0.3, 0.4) is 0 Å². The van der Waals surface area contributed by atoms with Crippen LogP contribution in [0, 0.1) is 25.6 Å². The van der Waals surface area contributed by atoms with Crippen molar-refractivity contribution in [2.24, 2.45) is 5.92 Å². The maximum atomic E-state index is 13.3. The molecule has 1 fully saturated rings. The van der Waals surface area contributed by atoms with Crippen LogP contribution < -0.4 is 5.32 Å². The van der Waals surface area contributed by atoms with Gasteiger partial charge in [0.05, 0.1) is 23.6 Å². The van der Waals surface area contributed by atoms with Gasteiger partial charge in [0.2, 0.25) is 5.91 Å². The number of nitrogens with zero attached hydrogens (tertiary/aromatic N) is 2. The van der Waals surface area contributed by atoms with Gasteiger partial charge < -0.3 is 5.32 Å². The highest BCUT2D eigenvalue weighted by Crippen LogP contribution is 2.29. The first-order valence-corrected chi connectivity index (χ1v) is 7.64. The van der Waals surface area contributed by atoms with E-state index < -0.39 is 0 Å². The Kier molecular flexibility index (Phi) is 3.96. The van der Waals surface area contributed by atoms with Gasteiger partial charge in [0.1, 0.15) is 5.82 Å². The predicted octanol–water partition coefficient (Wildman–Crippen LogP) is 3.43. The van der Waals surface area contributed by atoms with E-state index in [9.17, 15) is 9.18 Å². The number of nitrogens with one attached hydrogen (secondary N) is 1. The molecule has 0 spiro atoms. The summed E-state index contributed by atoms with van der Waals surface area (Å²) in [5.74, 6) is -0.0225. The standard InChI is InChI=1S/C17H20FN3O/c1-11-16(19-17(22)14-6-4-7-14)12(2)21(20-11)10-13-5-3-8-15(18)9-13/h3,5,8-9,14H,4,6-7,10H2,1-2H3,(H,19,22). The number of benzene rings is 1. The lowest BCUT2D eigenvalue weighted by atomic mass is 9.85. The van der Waals surface area contributed by atoms with Crippen molar-refractivity contribution in [3.8, 4) is 0 Å². The van der Waals surface area contributed by atoms with Gasteiger partial charge in [-0.2, -0.15) is 5.10 Å². The predicted molar refractivity (Wildman–Crippen MR) is 83.2 cm³/mol. The van der Waals surface area contributed by atoms with Crippen LogP contribution >= 0.6 is 0 Å². The molecule has 1 aromatic heterocycles. The maximum Gasteiger partial charge on any atom is 0.227 e. The van der Waals surface area contributed by atoms with E-state index in [0.29, 0.717) is 6.54 Å². The molecule has 1 amide bonds. The largest absolute Gasteiger partial charge is 0.323 e. The van der Waals surface area contributed by atoms with Crippen LogP contribution in [-0.4, -0.2) is 15.7 Å². The monoisotopic (exact) mass is 301 g/mol. The third-order valence-corrected chi connectivity index (χ3v) is 4.33. The molecule has 0 unspecified atom stereocenters. The van der Waals surface area contributed by atoms with E-state index in [-0.39, 0.29) is 17.6 Å². The normalized spacial score (nSPS) is 14.7. The summed E-state index contributed by atoms with van der Waals surface area (Å²) in [7, 11) is 0. The highest BCUT2D eigenvalue weighted by Gasteiger charge is 2.26. The molecular weight excluding hydrogens is 281 g/mol. The van der Waals surface area contributed by atoms with Gasteiger partial charge in [-0.05, 0) is 44.4 Å². The molecular formula is C17H20FN3O. The van der Waals surface area contributed by atoms with Gasteiger partial charge in [-0.25, -0.2) is 4.39 Å². The van der Waals surface area contributed by atoms with Gasteiger partial charge >= 0.3 is 0 Å². The van der Waals surface area contributed by atoms with Crippen molar-refractivity contribution in [3.05, 3.63) is 47.0 Å². The van der Waals surface area contributed by atoms with Gasteiger partial charge in [-0.1, -0.05) is 18.6 Å². The average molecular weight is 301 g/mol. The molecule has 5 heteroatoms. The molecule has 1 saturated carbocycles. The van der Waals surface area contributed by atoms with E-state index in [2.05, 4.69) is 10.4 Å². The summed E-state index contributed by atoms with van der Waals surface area (Å²) in [6.07, 6.45) is 3.08. The molecule has 0 atom stereocenters. The van der Waals surface area contributed by atoms with Crippen LogP contribution in [0.1, 0.15) is 36.2 Å². The Labute approximate surface area is 129 Å². The molecule has 2 aromatic rings. The quantitative estimate of drug-likeness (QED) is 0.940. The zero-order valence-electron chi connectivity index (χ0n) is 12.9. The smallest absolute Gasteiger partial charge is 0.227 e. The zero-order chi connectivity index (χ0) is 15.7. The number of carbonyl (C=O) groups is 1. The average Bonchev–Trinajstić information content (AvgIpc) is 2.64. The number of carbonyl (C=O) groups excluding carboxylic acids is 1. The van der Waals surface area contributed by atoms with Crippen LogP contribution in [0.2, 0.25) is 0 Å². The second-order valence-corrected chi connectivity index (χ2v) is 5.95. The topological polar surface area (TPSA) is 46.9 Å². The fraction of sp³-hybridized carbons (Fsp3) is 0.412. The number of amides is 1. The van der Waals surface area contributed by atoms with Crippen LogP contribution in [0.25, 0.3) is 0 Å². The van der Waals surface area contributed by atoms with Crippen molar-refractivity contribution in [2.75, 3.05) is 5.32 Å². The number of rotatable bonds is 4. The first-order valence-electron chi connectivity index (χ1n) is 7.64. The van der Waals surface area contributed by atoms with E-state index in [1.807, 2.05) is 19.9 Å². The third kappa shape index (κ3) is 2.89. The van der Waals surface area contributed by atoms with Crippen molar-refractivity contribution in [3.63, 3.8) is 0 Å². The molecule has 0 saturated heterocycles. The number of halogens is 1. The Bertz CT molecular complexity index is 704. The number of aromatic nitrogens is 2. The van der Waals surface area contributed by atoms with E-state index in [4.69, 9.17) is 0 Å². The van der Waals surface area contributed by atoms with Crippen molar-refractivity contribution < 1.29 is 9.18 Å². The summed E-state index contributed by atoms with van der Waals surface area (Å²) in [4.78, 5) is 12.1. The minimum Gasteiger partial charge on any atom is -0.323 e. The fourth-order valence-corrected chi connectivity index (χ4v) is 2.74. The first kappa shape index (κ1) is 14.8. The molecule has 116 valence electrons. The highest BCUT2D eigenvalue weighted by molar-refractivity contribution is 5.94. The molecule has 0 radical (unpaired) electrons. The first-order chi connectivity index (χ1) is 10.5. The molecule has 1 N–H and O–H groups in total. The number of aryl methyl sites for hydroxylation is 1. The Balaban J connectivity index is 1.78. The van der Waals surface area contributed by atoms with Gasteiger partial charge in [-0.3, -0.25) is 9.48 Å². The molecule has 22 heavy (non-hydrogen) atoms. The molecule has 1 aromatic carbocycles. The second kappa shape index (κ2) is 5.91. The van der Waals surface area contributed by atoms with Crippen LogP contribution in [0.4, 0.5) is 10.1 Å². The van der Waals surface area contributed by atoms with Crippen LogP contribution in [0.5, 0.6) is 0 Å². The minimum absolute atomic E-state index is 0.0859. The fourth-order valence-electron chi connectivity index (χ4n) is 2.74. The molecule has 1 heterocycles. The second-order valence-electron chi connectivity index (χ2n) is 5.95. The maximum absolute atomic E-state index is 13.3. The van der Waals surface area contributed by atoms with Crippen LogP contribution in [-0.2, 0) is 11.3 Å². The Hall–Kier alpha value is -2.17. The lowest BCUT2D eigenvalue weighted by Crippen LogP contribution is -2.28. The summed E-state index contributed by atoms with van der Waals surface area (Å²) in [5, 5.41) is 7.47.